The molecule has 0 fully saturated rings. The summed E-state index contributed by atoms with van der Waals surface area (Å²) in [6.45, 7) is 6.20. The van der Waals surface area contributed by atoms with Gasteiger partial charge in [0, 0.05) is 12.3 Å². The van der Waals surface area contributed by atoms with Gasteiger partial charge in [-0.3, -0.25) is 9.35 Å². The van der Waals surface area contributed by atoms with E-state index in [0.29, 0.717) is 11.5 Å². The average Bonchev–Trinajstić information content (AvgIpc) is 2.73. The number of amides is 1. The molecule has 32 heavy (non-hydrogen) atoms. The number of hydrogen-bond donors (Lipinski definition) is 2. The Labute approximate surface area is 192 Å². The minimum Gasteiger partial charge on any atom is -0.282 e. The monoisotopic (exact) mass is 462 g/mol. The smallest absolute Gasteiger partial charge is 0.282 e. The zero-order chi connectivity index (χ0) is 24.0. The van der Waals surface area contributed by atoms with Gasteiger partial charge < -0.3 is 0 Å². The van der Waals surface area contributed by atoms with E-state index in [4.69, 9.17) is 4.55 Å². The quantitative estimate of drug-likeness (QED) is 0.179. The fourth-order valence-electron chi connectivity index (χ4n) is 2.86. The molecule has 1 heterocycles. The number of hydrazone groups is 1. The van der Waals surface area contributed by atoms with Crippen molar-refractivity contribution in [3.05, 3.63) is 59.9 Å². The van der Waals surface area contributed by atoms with Crippen LogP contribution < -0.4 is 9.99 Å². The minimum atomic E-state index is -4.02. The summed E-state index contributed by atoms with van der Waals surface area (Å²) in [6, 6.07) is 9.61. The number of aromatic nitrogens is 1. The van der Waals surface area contributed by atoms with E-state index in [9.17, 15) is 13.2 Å². The first-order valence-electron chi connectivity index (χ1n) is 11.0. The molecule has 0 radical (unpaired) electrons. The maximum Gasteiger partial charge on any atom is 0.294 e. The fraction of sp³-hybridized carbons (Fsp3) is 0.458. The van der Waals surface area contributed by atoms with Crippen LogP contribution in [-0.2, 0) is 17.2 Å². The Bertz CT molecular complexity index is 957. The number of benzene rings is 1. The van der Waals surface area contributed by atoms with Crippen molar-refractivity contribution in [3.8, 4) is 0 Å². The van der Waals surface area contributed by atoms with Crippen molar-refractivity contribution in [2.75, 3.05) is 0 Å². The first-order chi connectivity index (χ1) is 15.1. The van der Waals surface area contributed by atoms with E-state index in [1.807, 2.05) is 37.0 Å². The summed E-state index contributed by atoms with van der Waals surface area (Å²) in [5, 5.41) is 4.06. The van der Waals surface area contributed by atoms with Gasteiger partial charge in [0.25, 0.3) is 16.0 Å². The molecule has 7 nitrogen and oxygen atoms in total. The van der Waals surface area contributed by atoms with Crippen molar-refractivity contribution in [1.29, 1.82) is 0 Å². The molecule has 2 aromatic rings. The molecule has 1 unspecified atom stereocenters. The molecular formula is C24H36N3O4S+. The first kappa shape index (κ1) is 27.5. The highest BCUT2D eigenvalue weighted by molar-refractivity contribution is 7.85. The van der Waals surface area contributed by atoms with E-state index < -0.39 is 10.1 Å². The third-order valence-corrected chi connectivity index (χ3v) is 5.65. The van der Waals surface area contributed by atoms with Crippen LogP contribution in [0.4, 0.5) is 0 Å². The molecule has 1 atom stereocenters. The summed E-state index contributed by atoms with van der Waals surface area (Å²) < 4.78 is 31.4. The molecule has 0 aliphatic rings. The lowest BCUT2D eigenvalue weighted by Crippen LogP contribution is -2.29. The predicted octanol–water partition coefficient (Wildman–Crippen LogP) is 4.47. The second-order valence-corrected chi connectivity index (χ2v) is 9.37. The van der Waals surface area contributed by atoms with Crippen LogP contribution in [0.15, 0.2) is 58.8 Å². The van der Waals surface area contributed by atoms with Crippen LogP contribution in [0.1, 0.15) is 68.3 Å². The Morgan fingerprint density at radius 1 is 1.16 bits per heavy atom. The SMILES string of the molecule is CCCCCCCC(C)/C=N/NC(=O)c1ccc[n+](C)c1.Cc1ccc(S(=O)(=O)O)cc1. The number of hydrogen-bond acceptors (Lipinski definition) is 4. The maximum absolute atomic E-state index is 11.9. The lowest BCUT2D eigenvalue weighted by Gasteiger charge is -2.05. The van der Waals surface area contributed by atoms with Crippen LogP contribution in [0.2, 0.25) is 0 Å². The normalized spacial score (nSPS) is 12.2. The lowest BCUT2D eigenvalue weighted by molar-refractivity contribution is -0.671. The van der Waals surface area contributed by atoms with Gasteiger partial charge in [0.05, 0.1) is 4.90 Å². The Morgan fingerprint density at radius 2 is 1.81 bits per heavy atom. The van der Waals surface area contributed by atoms with Crippen LogP contribution in [0.3, 0.4) is 0 Å². The van der Waals surface area contributed by atoms with E-state index in [0.717, 1.165) is 12.0 Å². The van der Waals surface area contributed by atoms with E-state index >= 15 is 0 Å². The third-order valence-electron chi connectivity index (χ3n) is 4.78. The molecule has 1 aromatic carbocycles. The van der Waals surface area contributed by atoms with Crippen LogP contribution in [0.5, 0.6) is 0 Å². The Kier molecular flexibility index (Phi) is 12.4. The van der Waals surface area contributed by atoms with Crippen LogP contribution >= 0.6 is 0 Å². The van der Waals surface area contributed by atoms with Crippen molar-refractivity contribution in [3.63, 3.8) is 0 Å². The van der Waals surface area contributed by atoms with Crippen LogP contribution in [0, 0.1) is 12.8 Å². The summed E-state index contributed by atoms with van der Waals surface area (Å²) in [6.07, 6.45) is 13.1. The molecule has 0 saturated carbocycles. The maximum atomic E-state index is 11.9. The summed E-state index contributed by atoms with van der Waals surface area (Å²) in [4.78, 5) is 11.8. The highest BCUT2D eigenvalue weighted by Crippen LogP contribution is 2.10. The molecule has 2 N–H and O–H groups in total. The van der Waals surface area contributed by atoms with E-state index in [1.54, 1.807) is 24.4 Å². The standard InChI is InChI=1S/C17H27N3O.C7H8O3S/c1-4-5-6-7-8-10-15(2)13-18-19-17(21)16-11-9-12-20(3)14-16;1-6-2-4-7(5-3-6)11(8,9)10/h9,11-15H,4-8,10H2,1-3H3;2-5H,1H3,(H,8,9,10)/p+1/b18-13+;. The number of unbranched alkanes of at least 4 members (excludes halogenated alkanes) is 4. The minimum absolute atomic E-state index is 0.0666. The summed E-state index contributed by atoms with van der Waals surface area (Å²) in [5.74, 6) is 0.233. The molecule has 1 amide bonds. The lowest BCUT2D eigenvalue weighted by atomic mass is 10.0. The van der Waals surface area contributed by atoms with Gasteiger partial charge in [0.15, 0.2) is 12.4 Å². The zero-order valence-corrected chi connectivity index (χ0v) is 20.3. The molecular weight excluding hydrogens is 426 g/mol. The average molecular weight is 463 g/mol. The summed E-state index contributed by atoms with van der Waals surface area (Å²) in [5.41, 5.74) is 4.16. The molecule has 0 aliphatic heterocycles. The van der Waals surface area contributed by atoms with Crippen LogP contribution in [0.25, 0.3) is 0 Å². The van der Waals surface area contributed by atoms with Crippen molar-refractivity contribution < 1.29 is 22.3 Å². The van der Waals surface area contributed by atoms with Gasteiger partial charge in [0.1, 0.15) is 12.6 Å². The van der Waals surface area contributed by atoms with E-state index in [1.165, 1.54) is 44.2 Å². The molecule has 0 saturated heterocycles. The van der Waals surface area contributed by atoms with Crippen molar-refractivity contribution in [1.82, 2.24) is 5.43 Å². The van der Waals surface area contributed by atoms with Crippen molar-refractivity contribution >= 4 is 22.2 Å². The second-order valence-electron chi connectivity index (χ2n) is 7.95. The first-order valence-corrected chi connectivity index (χ1v) is 12.4. The number of nitrogens with one attached hydrogen (secondary N) is 1. The van der Waals surface area contributed by atoms with Gasteiger partial charge in [0.2, 0.25) is 0 Å². The molecule has 0 spiro atoms. The summed E-state index contributed by atoms with van der Waals surface area (Å²) in [7, 11) is -2.13. The molecule has 1 aromatic heterocycles. The van der Waals surface area contributed by atoms with Gasteiger partial charge in [-0.15, -0.1) is 0 Å². The predicted molar refractivity (Wildman–Crippen MR) is 127 cm³/mol. The largest absolute Gasteiger partial charge is 0.294 e. The van der Waals surface area contributed by atoms with E-state index in [2.05, 4.69) is 24.4 Å². The number of nitrogens with zero attached hydrogens (tertiary/aromatic N) is 2. The molecule has 176 valence electrons. The van der Waals surface area contributed by atoms with Gasteiger partial charge in [-0.1, -0.05) is 63.6 Å². The molecule has 2 rings (SSSR count). The summed E-state index contributed by atoms with van der Waals surface area (Å²) >= 11 is 0. The number of rotatable bonds is 10. The second kappa shape index (κ2) is 14.5. The highest BCUT2D eigenvalue weighted by atomic mass is 32.2. The van der Waals surface area contributed by atoms with Gasteiger partial charge in [-0.25, -0.2) is 9.99 Å². The van der Waals surface area contributed by atoms with Gasteiger partial charge >= 0.3 is 0 Å². The van der Waals surface area contributed by atoms with Crippen molar-refractivity contribution in [2.24, 2.45) is 18.1 Å². The van der Waals surface area contributed by atoms with Crippen molar-refractivity contribution in [2.45, 2.75) is 64.2 Å². The highest BCUT2D eigenvalue weighted by Gasteiger charge is 2.08. The Morgan fingerprint density at radius 3 is 2.41 bits per heavy atom. The number of carbonyl (C=O) groups excluding carboxylic acids is 1. The molecule has 8 heteroatoms. The topological polar surface area (TPSA) is 99.7 Å². The molecule has 0 aliphatic carbocycles. The number of aryl methyl sites for hydroxylation is 2. The van der Waals surface area contributed by atoms with Crippen LogP contribution in [-0.4, -0.2) is 25.1 Å². The third kappa shape index (κ3) is 11.7. The Hall–Kier alpha value is -2.58. The number of carbonyl (C=O) groups is 1. The Balaban J connectivity index is 0.000000389. The van der Waals surface area contributed by atoms with Gasteiger partial charge in [-0.05, 0) is 37.5 Å². The van der Waals surface area contributed by atoms with Gasteiger partial charge in [-0.2, -0.15) is 13.5 Å². The fourth-order valence-corrected chi connectivity index (χ4v) is 3.34. The molecule has 0 bridgehead atoms. The van der Waals surface area contributed by atoms with E-state index in [-0.39, 0.29) is 10.8 Å². The number of pyridine rings is 1. The zero-order valence-electron chi connectivity index (χ0n) is 19.5.